The summed E-state index contributed by atoms with van der Waals surface area (Å²) in [7, 11) is 0. The molecule has 1 aromatic heterocycles. The predicted molar refractivity (Wildman–Crippen MR) is 80.5 cm³/mol. The first-order valence-corrected chi connectivity index (χ1v) is 7.00. The van der Waals surface area contributed by atoms with E-state index in [4.69, 9.17) is 16.3 Å². The number of benzene rings is 1. The minimum Gasteiger partial charge on any atom is -0.369 e. The molecular weight excluding hydrogens is 274 g/mol. The van der Waals surface area contributed by atoms with Gasteiger partial charge in [-0.2, -0.15) is 0 Å². The fourth-order valence-electron chi connectivity index (χ4n) is 2.21. The third-order valence-corrected chi connectivity index (χ3v) is 3.45. The highest BCUT2D eigenvalue weighted by molar-refractivity contribution is 6.30. The Morgan fingerprint density at radius 1 is 1.25 bits per heavy atom. The maximum absolute atomic E-state index is 5.90. The summed E-state index contributed by atoms with van der Waals surface area (Å²) in [4.78, 5) is 4.46. The van der Waals surface area contributed by atoms with Crippen molar-refractivity contribution in [1.82, 2.24) is 10.3 Å². The molecule has 1 aliphatic rings. The van der Waals surface area contributed by atoms with Crippen LogP contribution in [0.5, 0.6) is 0 Å². The van der Waals surface area contributed by atoms with E-state index in [0.717, 1.165) is 35.2 Å². The van der Waals surface area contributed by atoms with Crippen LogP contribution in [0.15, 0.2) is 42.6 Å². The molecule has 1 aliphatic heterocycles. The summed E-state index contributed by atoms with van der Waals surface area (Å²) < 4.78 is 5.78. The molecule has 0 radical (unpaired) electrons. The Morgan fingerprint density at radius 3 is 2.85 bits per heavy atom. The molecule has 2 aromatic rings. The molecule has 0 amide bonds. The maximum Gasteiger partial charge on any atom is 0.114 e. The predicted octanol–water partition coefficient (Wildman–Crippen LogP) is 3.14. The highest BCUT2D eigenvalue weighted by atomic mass is 35.5. The van der Waals surface area contributed by atoms with E-state index in [9.17, 15) is 0 Å². The third-order valence-electron chi connectivity index (χ3n) is 3.19. The molecule has 3 rings (SSSR count). The van der Waals surface area contributed by atoms with Gasteiger partial charge >= 0.3 is 0 Å². The minimum absolute atomic E-state index is 0.0141. The van der Waals surface area contributed by atoms with Crippen LogP contribution in [0.1, 0.15) is 11.8 Å². The van der Waals surface area contributed by atoms with Crippen molar-refractivity contribution in [3.05, 3.63) is 53.3 Å². The quantitative estimate of drug-likeness (QED) is 0.911. The first-order valence-electron chi connectivity index (χ1n) is 6.63. The molecule has 4 nitrogen and oxygen atoms in total. The molecule has 2 heterocycles. The second-order valence-corrected chi connectivity index (χ2v) is 5.07. The van der Waals surface area contributed by atoms with E-state index in [1.165, 1.54) is 0 Å². The summed E-state index contributed by atoms with van der Waals surface area (Å²) in [6.45, 7) is 2.39. The lowest BCUT2D eigenvalue weighted by Gasteiger charge is -2.25. The largest absolute Gasteiger partial charge is 0.369 e. The lowest BCUT2D eigenvalue weighted by Crippen LogP contribution is -2.34. The molecule has 1 fully saturated rings. The molecule has 5 heteroatoms. The molecular formula is C15H16ClN3O. The van der Waals surface area contributed by atoms with Gasteiger partial charge in [0.2, 0.25) is 0 Å². The number of nitrogens with zero attached hydrogens (tertiary/aromatic N) is 1. The highest BCUT2D eigenvalue weighted by Gasteiger charge is 2.20. The van der Waals surface area contributed by atoms with E-state index in [0.29, 0.717) is 6.61 Å². The smallest absolute Gasteiger partial charge is 0.114 e. The van der Waals surface area contributed by atoms with Gasteiger partial charge in [-0.3, -0.25) is 4.98 Å². The van der Waals surface area contributed by atoms with E-state index in [2.05, 4.69) is 15.6 Å². The maximum atomic E-state index is 5.90. The molecule has 0 saturated carbocycles. The Kier molecular flexibility index (Phi) is 4.16. The molecule has 104 valence electrons. The Balaban J connectivity index is 1.83. The Hall–Kier alpha value is -1.62. The van der Waals surface area contributed by atoms with E-state index < -0.39 is 0 Å². The van der Waals surface area contributed by atoms with Crippen molar-refractivity contribution in [3.63, 3.8) is 0 Å². The number of pyridine rings is 1. The number of aromatic nitrogens is 1. The highest BCUT2D eigenvalue weighted by Crippen LogP contribution is 2.27. The Labute approximate surface area is 123 Å². The standard InChI is InChI=1S/C15H16ClN3O/c16-11-3-5-12(6-4-11)19-13-2-1-7-18-15(13)14-10-17-8-9-20-14/h1-7,14,17,19H,8-10H2/t14-/m0/s1. The van der Waals surface area contributed by atoms with Crippen LogP contribution in [-0.4, -0.2) is 24.7 Å². The van der Waals surface area contributed by atoms with Gasteiger partial charge in [0, 0.05) is 30.0 Å². The van der Waals surface area contributed by atoms with Crippen molar-refractivity contribution in [2.45, 2.75) is 6.10 Å². The van der Waals surface area contributed by atoms with Crippen molar-refractivity contribution in [3.8, 4) is 0 Å². The monoisotopic (exact) mass is 289 g/mol. The number of anilines is 2. The lowest BCUT2D eigenvalue weighted by molar-refractivity contribution is 0.0255. The van der Waals surface area contributed by atoms with Gasteiger partial charge in [0.1, 0.15) is 6.10 Å². The van der Waals surface area contributed by atoms with Gasteiger partial charge in [0.15, 0.2) is 0 Å². The molecule has 20 heavy (non-hydrogen) atoms. The number of halogens is 1. The SMILES string of the molecule is Clc1ccc(Nc2cccnc2[C@@H]2CNCCO2)cc1. The Morgan fingerprint density at radius 2 is 2.10 bits per heavy atom. The van der Waals surface area contributed by atoms with Crippen LogP contribution in [0.3, 0.4) is 0 Å². The van der Waals surface area contributed by atoms with Crippen molar-refractivity contribution < 1.29 is 4.74 Å². The summed E-state index contributed by atoms with van der Waals surface area (Å²) in [5.41, 5.74) is 2.87. The summed E-state index contributed by atoms with van der Waals surface area (Å²) in [6.07, 6.45) is 1.78. The average molecular weight is 290 g/mol. The number of ether oxygens (including phenoxy) is 1. The lowest BCUT2D eigenvalue weighted by atomic mass is 10.1. The van der Waals surface area contributed by atoms with Gasteiger partial charge in [-0.15, -0.1) is 0 Å². The first-order chi connectivity index (χ1) is 9.83. The number of morpholine rings is 1. The first kappa shape index (κ1) is 13.4. The second kappa shape index (κ2) is 6.22. The van der Waals surface area contributed by atoms with Crippen molar-refractivity contribution >= 4 is 23.0 Å². The fraction of sp³-hybridized carbons (Fsp3) is 0.267. The van der Waals surface area contributed by atoms with Gasteiger partial charge in [-0.05, 0) is 36.4 Å². The Bertz CT molecular complexity index is 568. The number of nitrogens with one attached hydrogen (secondary N) is 2. The van der Waals surface area contributed by atoms with Gasteiger partial charge in [-0.1, -0.05) is 11.6 Å². The van der Waals surface area contributed by atoms with Crippen LogP contribution in [0.2, 0.25) is 5.02 Å². The fourth-order valence-corrected chi connectivity index (χ4v) is 2.34. The topological polar surface area (TPSA) is 46.2 Å². The van der Waals surface area contributed by atoms with Crippen molar-refractivity contribution in [1.29, 1.82) is 0 Å². The minimum atomic E-state index is -0.0141. The van der Waals surface area contributed by atoms with Crippen molar-refractivity contribution in [2.24, 2.45) is 0 Å². The van der Waals surface area contributed by atoms with Crippen LogP contribution >= 0.6 is 11.6 Å². The van der Waals surface area contributed by atoms with Crippen LogP contribution in [0, 0.1) is 0 Å². The normalized spacial score (nSPS) is 18.8. The van der Waals surface area contributed by atoms with E-state index in [1.54, 1.807) is 6.20 Å². The van der Waals surface area contributed by atoms with E-state index in [1.807, 2.05) is 36.4 Å². The molecule has 0 bridgehead atoms. The number of hydrogen-bond donors (Lipinski definition) is 2. The number of hydrogen-bond acceptors (Lipinski definition) is 4. The van der Waals surface area contributed by atoms with Gasteiger partial charge in [0.05, 0.1) is 18.0 Å². The molecule has 1 aromatic carbocycles. The molecule has 0 aliphatic carbocycles. The van der Waals surface area contributed by atoms with Crippen molar-refractivity contribution in [2.75, 3.05) is 25.0 Å². The van der Waals surface area contributed by atoms with E-state index >= 15 is 0 Å². The van der Waals surface area contributed by atoms with E-state index in [-0.39, 0.29) is 6.10 Å². The van der Waals surface area contributed by atoms with Crippen LogP contribution in [-0.2, 0) is 4.74 Å². The van der Waals surface area contributed by atoms with Gasteiger partial charge in [-0.25, -0.2) is 0 Å². The van der Waals surface area contributed by atoms with Gasteiger partial charge < -0.3 is 15.4 Å². The van der Waals surface area contributed by atoms with Crippen LogP contribution in [0.4, 0.5) is 11.4 Å². The summed E-state index contributed by atoms with van der Waals surface area (Å²) in [5, 5.41) is 7.41. The zero-order chi connectivity index (χ0) is 13.8. The summed E-state index contributed by atoms with van der Waals surface area (Å²) in [5.74, 6) is 0. The zero-order valence-corrected chi connectivity index (χ0v) is 11.7. The van der Waals surface area contributed by atoms with Gasteiger partial charge in [0.25, 0.3) is 0 Å². The number of rotatable bonds is 3. The zero-order valence-electron chi connectivity index (χ0n) is 11.0. The van der Waals surface area contributed by atoms with Crippen LogP contribution < -0.4 is 10.6 Å². The molecule has 0 unspecified atom stereocenters. The average Bonchev–Trinajstić information content (AvgIpc) is 2.51. The molecule has 2 N–H and O–H groups in total. The summed E-state index contributed by atoms with van der Waals surface area (Å²) in [6, 6.07) is 11.5. The molecule has 1 atom stereocenters. The summed E-state index contributed by atoms with van der Waals surface area (Å²) >= 11 is 5.90. The third kappa shape index (κ3) is 3.10. The van der Waals surface area contributed by atoms with Crippen LogP contribution in [0.25, 0.3) is 0 Å². The second-order valence-electron chi connectivity index (χ2n) is 4.63. The molecule has 1 saturated heterocycles. The molecule has 0 spiro atoms.